The molecule has 18 heavy (non-hydrogen) atoms. The van der Waals surface area contributed by atoms with Gasteiger partial charge in [-0.15, -0.1) is 0 Å². The molecule has 1 atom stereocenters. The number of phenols is 1. The second kappa shape index (κ2) is 5.17. The number of hydrogen-bond acceptors (Lipinski definition) is 2. The molecular weight excluding hydrogens is 224 g/mol. The quantitative estimate of drug-likeness (QED) is 0.863. The monoisotopic (exact) mass is 244 g/mol. The third kappa shape index (κ3) is 2.35. The molecule has 0 bridgehead atoms. The first-order valence-electron chi connectivity index (χ1n) is 6.33. The molecule has 2 rings (SSSR count). The van der Waals surface area contributed by atoms with E-state index in [1.165, 1.54) is 11.4 Å². The molecule has 1 aromatic carbocycles. The highest BCUT2D eigenvalue weighted by Crippen LogP contribution is 2.27. The summed E-state index contributed by atoms with van der Waals surface area (Å²) in [6.45, 7) is 6.24. The van der Waals surface area contributed by atoms with Crippen molar-refractivity contribution in [1.82, 2.24) is 4.68 Å². The molecule has 2 N–H and O–H groups in total. The van der Waals surface area contributed by atoms with Crippen molar-refractivity contribution in [2.75, 3.05) is 5.43 Å². The number of nitrogens with zero attached hydrogens (tertiary/aromatic N) is 1. The molecule has 0 radical (unpaired) electrons. The van der Waals surface area contributed by atoms with E-state index in [0.29, 0.717) is 5.75 Å². The fourth-order valence-corrected chi connectivity index (χ4v) is 2.19. The van der Waals surface area contributed by atoms with Gasteiger partial charge in [-0.25, -0.2) is 0 Å². The minimum absolute atomic E-state index is 0.107. The molecule has 0 aliphatic rings. The predicted octanol–water partition coefficient (Wildman–Crippen LogP) is 3.51. The van der Waals surface area contributed by atoms with E-state index in [0.717, 1.165) is 12.0 Å². The van der Waals surface area contributed by atoms with Crippen LogP contribution in [0, 0.1) is 13.8 Å². The van der Waals surface area contributed by atoms with Gasteiger partial charge in [0.2, 0.25) is 0 Å². The van der Waals surface area contributed by atoms with E-state index in [1.807, 2.05) is 18.2 Å². The molecule has 0 amide bonds. The average Bonchev–Trinajstić information content (AvgIpc) is 2.68. The Hall–Kier alpha value is -1.90. The number of nitrogens with one attached hydrogen (secondary N) is 1. The third-order valence-corrected chi connectivity index (χ3v) is 3.28. The maximum absolute atomic E-state index is 9.93. The zero-order valence-corrected chi connectivity index (χ0v) is 11.1. The largest absolute Gasteiger partial charge is 0.508 e. The molecule has 1 unspecified atom stereocenters. The minimum atomic E-state index is 0.107. The number of benzene rings is 1. The number of hydrogen-bond donors (Lipinski definition) is 2. The molecule has 0 aliphatic heterocycles. The SMILES string of the molecule is CCC(Nn1c(C)ccc1C)c1ccccc1O. The highest BCUT2D eigenvalue weighted by molar-refractivity contribution is 5.36. The molecule has 3 heteroatoms. The van der Waals surface area contributed by atoms with Crippen LogP contribution in [0.1, 0.15) is 36.3 Å². The van der Waals surface area contributed by atoms with Crippen LogP contribution in [0.5, 0.6) is 5.75 Å². The molecule has 3 nitrogen and oxygen atoms in total. The van der Waals surface area contributed by atoms with Crippen molar-refractivity contribution in [3.8, 4) is 5.75 Å². The Balaban J connectivity index is 2.28. The van der Waals surface area contributed by atoms with E-state index >= 15 is 0 Å². The van der Waals surface area contributed by atoms with Crippen LogP contribution in [0.25, 0.3) is 0 Å². The van der Waals surface area contributed by atoms with Gasteiger partial charge in [0.25, 0.3) is 0 Å². The fourth-order valence-electron chi connectivity index (χ4n) is 2.19. The van der Waals surface area contributed by atoms with E-state index in [-0.39, 0.29) is 6.04 Å². The molecule has 0 spiro atoms. The van der Waals surface area contributed by atoms with Gasteiger partial charge in [-0.2, -0.15) is 0 Å². The van der Waals surface area contributed by atoms with Crippen LogP contribution in [0.3, 0.4) is 0 Å². The van der Waals surface area contributed by atoms with Gasteiger partial charge in [-0.1, -0.05) is 25.1 Å². The maximum atomic E-state index is 9.93. The first kappa shape index (κ1) is 12.6. The Morgan fingerprint density at radius 3 is 2.28 bits per heavy atom. The Labute approximate surface area is 108 Å². The van der Waals surface area contributed by atoms with Crippen LogP contribution < -0.4 is 5.43 Å². The first-order valence-corrected chi connectivity index (χ1v) is 6.33. The number of rotatable bonds is 4. The van der Waals surface area contributed by atoms with Crippen molar-refractivity contribution in [1.29, 1.82) is 0 Å². The lowest BCUT2D eigenvalue weighted by Gasteiger charge is -2.22. The molecule has 1 heterocycles. The minimum Gasteiger partial charge on any atom is -0.508 e. The van der Waals surface area contributed by atoms with Gasteiger partial charge in [0.1, 0.15) is 5.75 Å². The van der Waals surface area contributed by atoms with E-state index in [4.69, 9.17) is 0 Å². The molecule has 1 aromatic heterocycles. The maximum Gasteiger partial charge on any atom is 0.120 e. The lowest BCUT2D eigenvalue weighted by molar-refractivity contribution is 0.459. The van der Waals surface area contributed by atoms with Gasteiger partial charge in [0, 0.05) is 17.0 Å². The summed E-state index contributed by atoms with van der Waals surface area (Å²) in [5.41, 5.74) is 6.73. The van der Waals surface area contributed by atoms with E-state index in [9.17, 15) is 5.11 Å². The van der Waals surface area contributed by atoms with Crippen molar-refractivity contribution in [2.45, 2.75) is 33.2 Å². The smallest absolute Gasteiger partial charge is 0.120 e. The molecule has 0 fully saturated rings. The summed E-state index contributed by atoms with van der Waals surface area (Å²) >= 11 is 0. The zero-order chi connectivity index (χ0) is 13.1. The van der Waals surface area contributed by atoms with Gasteiger partial charge in [-0.05, 0) is 38.5 Å². The molecule has 2 aromatic rings. The van der Waals surface area contributed by atoms with Gasteiger partial charge in [0.15, 0.2) is 0 Å². The summed E-state index contributed by atoms with van der Waals surface area (Å²) < 4.78 is 2.07. The van der Waals surface area contributed by atoms with Crippen LogP contribution >= 0.6 is 0 Å². The highest BCUT2D eigenvalue weighted by atomic mass is 16.3. The number of aromatic hydroxyl groups is 1. The topological polar surface area (TPSA) is 37.2 Å². The summed E-state index contributed by atoms with van der Waals surface area (Å²) in [6, 6.07) is 11.8. The normalized spacial score (nSPS) is 12.4. The van der Waals surface area contributed by atoms with Crippen LogP contribution in [0.2, 0.25) is 0 Å². The van der Waals surface area contributed by atoms with E-state index in [1.54, 1.807) is 6.07 Å². The van der Waals surface area contributed by atoms with E-state index < -0.39 is 0 Å². The van der Waals surface area contributed by atoms with E-state index in [2.05, 4.69) is 43.0 Å². The Morgan fingerprint density at radius 1 is 1.11 bits per heavy atom. The number of phenolic OH excluding ortho intramolecular Hbond substituents is 1. The molecule has 0 aliphatic carbocycles. The van der Waals surface area contributed by atoms with Crippen LogP contribution in [-0.4, -0.2) is 9.78 Å². The number of aryl methyl sites for hydroxylation is 2. The van der Waals surface area contributed by atoms with Crippen molar-refractivity contribution in [3.05, 3.63) is 53.3 Å². The van der Waals surface area contributed by atoms with Crippen molar-refractivity contribution >= 4 is 0 Å². The first-order chi connectivity index (χ1) is 8.63. The summed E-state index contributed by atoms with van der Waals surface area (Å²) in [4.78, 5) is 0. The van der Waals surface area contributed by atoms with Crippen LogP contribution in [-0.2, 0) is 0 Å². The van der Waals surface area contributed by atoms with Crippen LogP contribution in [0.15, 0.2) is 36.4 Å². The number of aromatic nitrogens is 1. The molecule has 0 saturated carbocycles. The Kier molecular flexibility index (Phi) is 3.60. The summed E-state index contributed by atoms with van der Waals surface area (Å²) in [6.07, 6.45) is 0.911. The van der Waals surface area contributed by atoms with Gasteiger partial charge >= 0.3 is 0 Å². The third-order valence-electron chi connectivity index (χ3n) is 3.28. The lowest BCUT2D eigenvalue weighted by atomic mass is 10.0. The van der Waals surface area contributed by atoms with Crippen molar-refractivity contribution in [2.24, 2.45) is 0 Å². The highest BCUT2D eigenvalue weighted by Gasteiger charge is 2.14. The second-order valence-corrected chi connectivity index (χ2v) is 4.60. The summed E-state index contributed by atoms with van der Waals surface area (Å²) in [5, 5.41) is 9.93. The summed E-state index contributed by atoms with van der Waals surface area (Å²) in [7, 11) is 0. The molecule has 96 valence electrons. The van der Waals surface area contributed by atoms with Gasteiger partial charge in [-0.3, -0.25) is 4.68 Å². The molecular formula is C15H20N2O. The van der Waals surface area contributed by atoms with Crippen molar-refractivity contribution in [3.63, 3.8) is 0 Å². The van der Waals surface area contributed by atoms with Gasteiger partial charge < -0.3 is 10.5 Å². The Morgan fingerprint density at radius 2 is 1.72 bits per heavy atom. The predicted molar refractivity (Wildman–Crippen MR) is 74.4 cm³/mol. The molecule has 0 saturated heterocycles. The standard InChI is InChI=1S/C15H20N2O/c1-4-14(13-7-5-6-8-15(13)18)16-17-11(2)9-10-12(17)3/h5-10,14,16,18H,4H2,1-3H3. The summed E-state index contributed by atoms with van der Waals surface area (Å²) in [5.74, 6) is 0.347. The van der Waals surface area contributed by atoms with Crippen molar-refractivity contribution < 1.29 is 5.11 Å². The lowest BCUT2D eigenvalue weighted by Crippen LogP contribution is -2.22. The Bertz CT molecular complexity index is 512. The van der Waals surface area contributed by atoms with Gasteiger partial charge in [0.05, 0.1) is 6.04 Å². The van der Waals surface area contributed by atoms with Crippen LogP contribution in [0.4, 0.5) is 0 Å². The number of para-hydroxylation sites is 1. The zero-order valence-electron chi connectivity index (χ0n) is 11.1. The second-order valence-electron chi connectivity index (χ2n) is 4.60. The fraction of sp³-hybridized carbons (Fsp3) is 0.333. The average molecular weight is 244 g/mol.